The molecule has 0 atom stereocenters. The number of fused-ring (bicyclic) bond motifs is 4. The van der Waals surface area contributed by atoms with E-state index in [1.807, 2.05) is 11.3 Å². The summed E-state index contributed by atoms with van der Waals surface area (Å²) in [6.07, 6.45) is 0. The van der Waals surface area contributed by atoms with Crippen LogP contribution in [0, 0.1) is 0 Å². The number of hydrogen-bond donors (Lipinski definition) is 0. The van der Waals surface area contributed by atoms with E-state index in [-0.39, 0.29) is 0 Å². The van der Waals surface area contributed by atoms with E-state index in [0.717, 1.165) is 62.3 Å². The second kappa shape index (κ2) is 16.3. The van der Waals surface area contributed by atoms with Crippen molar-refractivity contribution >= 4 is 93.5 Å². The van der Waals surface area contributed by atoms with Crippen LogP contribution in [-0.4, -0.2) is 0 Å². The van der Waals surface area contributed by atoms with Crippen LogP contribution in [0.5, 0.6) is 0 Å². The average molecular weight is 812 g/mol. The summed E-state index contributed by atoms with van der Waals surface area (Å²) in [6.45, 7) is 0. The number of thiophene rings is 1. The summed E-state index contributed by atoms with van der Waals surface area (Å²) in [5, 5.41) is 4.94. The van der Waals surface area contributed by atoms with Gasteiger partial charge in [-0.05, 0) is 120 Å². The maximum Gasteiger partial charge on any atom is 0.0540 e. The quantitative estimate of drug-likeness (QED) is 0.136. The van der Waals surface area contributed by atoms with Crippen molar-refractivity contribution < 1.29 is 0 Å². The van der Waals surface area contributed by atoms with Crippen LogP contribution in [0.2, 0.25) is 0 Å². The zero-order chi connectivity index (χ0) is 41.2. The second-order valence-corrected chi connectivity index (χ2v) is 16.5. The zero-order valence-corrected chi connectivity index (χ0v) is 34.7. The predicted molar refractivity (Wildman–Crippen MR) is 266 cm³/mol. The van der Waals surface area contributed by atoms with Gasteiger partial charge in [0.1, 0.15) is 0 Å². The molecular formula is C58H41N3S. The molecule has 294 valence electrons. The summed E-state index contributed by atoms with van der Waals surface area (Å²) in [7, 11) is 0. The number of hydrogen-bond acceptors (Lipinski definition) is 4. The van der Waals surface area contributed by atoms with Gasteiger partial charge in [0.2, 0.25) is 0 Å². The summed E-state index contributed by atoms with van der Waals surface area (Å²) < 4.78 is 2.58. The van der Waals surface area contributed by atoms with Gasteiger partial charge in [-0.2, -0.15) is 0 Å². The van der Waals surface area contributed by atoms with Gasteiger partial charge in [0.05, 0.1) is 5.69 Å². The predicted octanol–water partition coefficient (Wildman–Crippen LogP) is 17.3. The third-order valence-electron chi connectivity index (χ3n) is 11.6. The van der Waals surface area contributed by atoms with Crippen molar-refractivity contribution in [3.05, 3.63) is 249 Å². The van der Waals surface area contributed by atoms with Crippen LogP contribution in [0.25, 0.3) is 42.1 Å². The highest BCUT2D eigenvalue weighted by Gasteiger charge is 2.22. The molecule has 0 aliphatic carbocycles. The van der Waals surface area contributed by atoms with E-state index >= 15 is 0 Å². The molecule has 0 saturated heterocycles. The molecule has 0 radical (unpaired) electrons. The molecule has 0 spiro atoms. The largest absolute Gasteiger partial charge is 0.310 e. The van der Waals surface area contributed by atoms with Crippen LogP contribution in [0.4, 0.5) is 51.2 Å². The molecule has 0 aliphatic heterocycles. The van der Waals surface area contributed by atoms with Crippen LogP contribution in [-0.2, 0) is 0 Å². The van der Waals surface area contributed by atoms with E-state index < -0.39 is 0 Å². The monoisotopic (exact) mass is 811 g/mol. The molecule has 3 nitrogen and oxygen atoms in total. The third kappa shape index (κ3) is 6.93. The molecule has 0 unspecified atom stereocenters. The van der Waals surface area contributed by atoms with Crippen LogP contribution in [0.3, 0.4) is 0 Å². The third-order valence-corrected chi connectivity index (χ3v) is 12.7. The van der Waals surface area contributed by atoms with Gasteiger partial charge >= 0.3 is 0 Å². The standard InChI is InChI=1S/C58H41N3S/c1-6-20-43(21-7-1)59(44-22-8-2-9-23-44)49-38-42(39-50(40-49)60(45-24-10-3-11-25-45)46-26-12-4-13-27-46)51-36-37-56(53-31-17-16-30-52(51)53)61(47-28-14-5-15-29-47)48-34-35-55-54-32-18-19-33-57(54)62-58(55)41-48/h1-41H. The van der Waals surface area contributed by atoms with Gasteiger partial charge in [-0.25, -0.2) is 0 Å². The van der Waals surface area contributed by atoms with Gasteiger partial charge in [0.25, 0.3) is 0 Å². The maximum absolute atomic E-state index is 2.41. The topological polar surface area (TPSA) is 9.72 Å². The number of benzene rings is 10. The Morgan fingerprint density at radius 3 is 1.18 bits per heavy atom. The second-order valence-electron chi connectivity index (χ2n) is 15.4. The highest BCUT2D eigenvalue weighted by atomic mass is 32.1. The van der Waals surface area contributed by atoms with Crippen molar-refractivity contribution in [2.24, 2.45) is 0 Å². The normalized spacial score (nSPS) is 11.2. The summed E-state index contributed by atoms with van der Waals surface area (Å²) in [4.78, 5) is 7.13. The van der Waals surface area contributed by atoms with Crippen LogP contribution < -0.4 is 14.7 Å². The molecule has 0 N–H and O–H groups in total. The zero-order valence-electron chi connectivity index (χ0n) is 33.9. The first-order valence-electron chi connectivity index (χ1n) is 21.0. The van der Waals surface area contributed by atoms with Crippen molar-refractivity contribution in [1.82, 2.24) is 0 Å². The minimum Gasteiger partial charge on any atom is -0.310 e. The molecule has 0 aliphatic rings. The lowest BCUT2D eigenvalue weighted by atomic mass is 9.95. The minimum absolute atomic E-state index is 1.06. The summed E-state index contributed by atoms with van der Waals surface area (Å²) in [5.74, 6) is 0. The van der Waals surface area contributed by atoms with Crippen molar-refractivity contribution in [2.45, 2.75) is 0 Å². The summed E-state index contributed by atoms with van der Waals surface area (Å²) in [6, 6.07) is 89.6. The van der Waals surface area contributed by atoms with Gasteiger partial charge in [-0.3, -0.25) is 0 Å². The minimum atomic E-state index is 1.06. The number of para-hydroxylation sites is 5. The molecule has 0 saturated carbocycles. The molecular weight excluding hydrogens is 771 g/mol. The molecule has 10 aromatic carbocycles. The fourth-order valence-corrected chi connectivity index (χ4v) is 9.94. The maximum atomic E-state index is 2.41. The Morgan fingerprint density at radius 2 is 0.661 bits per heavy atom. The van der Waals surface area contributed by atoms with Gasteiger partial charge in [0.15, 0.2) is 0 Å². The first kappa shape index (κ1) is 37.1. The smallest absolute Gasteiger partial charge is 0.0540 e. The first-order valence-corrected chi connectivity index (χ1v) is 21.8. The Kier molecular flexibility index (Phi) is 9.74. The number of anilines is 9. The highest BCUT2D eigenvalue weighted by molar-refractivity contribution is 7.25. The van der Waals surface area contributed by atoms with Crippen LogP contribution >= 0.6 is 11.3 Å². The molecule has 62 heavy (non-hydrogen) atoms. The van der Waals surface area contributed by atoms with Gasteiger partial charge in [-0.15, -0.1) is 11.3 Å². The van der Waals surface area contributed by atoms with Crippen LogP contribution in [0.1, 0.15) is 0 Å². The van der Waals surface area contributed by atoms with E-state index in [9.17, 15) is 0 Å². The molecule has 4 heteroatoms. The lowest BCUT2D eigenvalue weighted by molar-refractivity contribution is 1.25. The van der Waals surface area contributed by atoms with Crippen molar-refractivity contribution in [3.63, 3.8) is 0 Å². The first-order chi connectivity index (χ1) is 30.8. The highest BCUT2D eigenvalue weighted by Crippen LogP contribution is 2.47. The molecule has 1 heterocycles. The van der Waals surface area contributed by atoms with E-state index in [1.54, 1.807) is 0 Å². The Bertz CT molecular complexity index is 3120. The fourth-order valence-electron chi connectivity index (χ4n) is 8.80. The van der Waals surface area contributed by atoms with Crippen molar-refractivity contribution in [3.8, 4) is 11.1 Å². The van der Waals surface area contributed by atoms with E-state index in [1.165, 1.54) is 30.9 Å². The average Bonchev–Trinajstić information content (AvgIpc) is 3.72. The molecule has 0 bridgehead atoms. The van der Waals surface area contributed by atoms with E-state index in [4.69, 9.17) is 0 Å². The molecule has 0 amide bonds. The Labute approximate surface area is 366 Å². The molecule has 11 rings (SSSR count). The van der Waals surface area contributed by atoms with Gasteiger partial charge in [0, 0.05) is 71.1 Å². The Balaban J connectivity index is 1.14. The lowest BCUT2D eigenvalue weighted by Gasteiger charge is -2.30. The fraction of sp³-hybridized carbons (Fsp3) is 0. The SMILES string of the molecule is c1ccc(N(c2ccccc2)c2cc(-c3ccc(N(c4ccccc4)c4ccc5c(c4)sc4ccccc45)c4ccccc34)cc(N(c3ccccc3)c3ccccc3)c2)cc1. The summed E-state index contributed by atoms with van der Waals surface area (Å²) >= 11 is 1.85. The van der Waals surface area contributed by atoms with Crippen molar-refractivity contribution in [2.75, 3.05) is 14.7 Å². The molecule has 1 aromatic heterocycles. The number of rotatable bonds is 10. The molecule has 11 aromatic rings. The Hall–Kier alpha value is -7.92. The van der Waals surface area contributed by atoms with Crippen molar-refractivity contribution in [1.29, 1.82) is 0 Å². The van der Waals surface area contributed by atoms with E-state index in [2.05, 4.69) is 263 Å². The van der Waals surface area contributed by atoms with E-state index in [0.29, 0.717) is 0 Å². The van der Waals surface area contributed by atoms with Crippen LogP contribution in [0.15, 0.2) is 249 Å². The lowest BCUT2D eigenvalue weighted by Crippen LogP contribution is -2.13. The summed E-state index contributed by atoms with van der Waals surface area (Å²) in [5.41, 5.74) is 12.1. The Morgan fingerprint density at radius 1 is 0.242 bits per heavy atom. The van der Waals surface area contributed by atoms with Gasteiger partial charge in [-0.1, -0.05) is 146 Å². The van der Waals surface area contributed by atoms with Gasteiger partial charge < -0.3 is 14.7 Å². The molecule has 0 fully saturated rings. The number of nitrogens with zero attached hydrogens (tertiary/aromatic N) is 3.